The highest BCUT2D eigenvalue weighted by Crippen LogP contribution is 2.32. The molecule has 0 aliphatic rings. The molecular formula is C76H57Cl6F3N12O4. The molecule has 0 aliphatic heterocycles. The summed E-state index contributed by atoms with van der Waals surface area (Å²) in [6.07, 6.45) is 15.8. The molecule has 15 aromatic rings. The molecule has 0 unspecified atom stereocenters. The zero-order valence-electron chi connectivity index (χ0n) is 52.1. The molecule has 0 bridgehead atoms. The van der Waals surface area contributed by atoms with Crippen molar-refractivity contribution in [2.75, 3.05) is 0 Å². The predicted octanol–water partition coefficient (Wildman–Crippen LogP) is 18.8. The molecule has 15 rings (SSSR count). The number of amides is 2. The number of carboxylic acid groups (broad SMARTS) is 1. The molecule has 25 heteroatoms. The molecule has 0 atom stereocenters. The van der Waals surface area contributed by atoms with E-state index in [9.17, 15) is 27.6 Å². The molecule has 0 fully saturated rings. The SMILES string of the molecule is C.NCc1ccc2[nH]cc(Cl)c2c1F.O=C(NCc1ccc2[nH]cc(Cl)c2c1F)c1ccnc(Cc2ccc3ncc(Cl)cc3c2)c1.O=C(NCc1ccc2[nH]cc(Cl)c2c1F)c1ccnc(Cc2ccc3ncc(Cl)cc3c2)c1.O=C(O)c1ccnc(Cc2ccc3ncc(Cl)cc3c2)c1. The van der Waals surface area contributed by atoms with Crippen LogP contribution in [0.1, 0.15) is 89.0 Å². The van der Waals surface area contributed by atoms with Crippen molar-refractivity contribution < 1.29 is 32.7 Å². The quantitative estimate of drug-likeness (QED) is 0.0540. The molecule has 0 spiro atoms. The van der Waals surface area contributed by atoms with Gasteiger partial charge in [0.25, 0.3) is 11.8 Å². The van der Waals surface area contributed by atoms with Gasteiger partial charge in [-0.1, -0.05) is 113 Å². The first-order chi connectivity index (χ1) is 48.3. The molecule has 2 amide bonds. The van der Waals surface area contributed by atoms with Crippen LogP contribution in [0.15, 0.2) is 201 Å². The van der Waals surface area contributed by atoms with Gasteiger partial charge in [-0.25, -0.2) is 18.0 Å². The summed E-state index contributed by atoms with van der Waals surface area (Å²) in [6.45, 7) is 0.264. The Kier molecular flexibility index (Phi) is 22.9. The average molecular weight is 1470 g/mol. The number of nitrogens with two attached hydrogens (primary N) is 1. The minimum atomic E-state index is -0.951. The van der Waals surface area contributed by atoms with E-state index in [1.54, 1.807) is 104 Å². The van der Waals surface area contributed by atoms with E-state index in [0.29, 0.717) is 116 Å². The van der Waals surface area contributed by atoms with Gasteiger partial charge in [0.1, 0.15) is 17.5 Å². The lowest BCUT2D eigenvalue weighted by atomic mass is 10.0. The maximum absolute atomic E-state index is 14.8. The highest BCUT2D eigenvalue weighted by atomic mass is 35.5. The minimum absolute atomic E-state index is 0. The second-order valence-electron chi connectivity index (χ2n) is 22.8. The largest absolute Gasteiger partial charge is 0.478 e. The van der Waals surface area contributed by atoms with Crippen molar-refractivity contribution >= 4 is 153 Å². The van der Waals surface area contributed by atoms with Gasteiger partial charge in [-0.2, -0.15) is 0 Å². The number of aromatic carboxylic acids is 1. The minimum Gasteiger partial charge on any atom is -0.478 e. The number of fused-ring (bicyclic) bond motifs is 6. The maximum Gasteiger partial charge on any atom is 0.335 e. The Labute approximate surface area is 605 Å². The van der Waals surface area contributed by atoms with E-state index in [2.05, 4.69) is 55.5 Å². The fourth-order valence-corrected chi connectivity index (χ4v) is 12.3. The zero-order valence-corrected chi connectivity index (χ0v) is 56.7. The summed E-state index contributed by atoms with van der Waals surface area (Å²) in [4.78, 5) is 70.9. The van der Waals surface area contributed by atoms with Crippen LogP contribution in [0.25, 0.3) is 65.4 Å². The Morgan fingerprint density at radius 1 is 0.416 bits per heavy atom. The molecule has 6 aromatic carbocycles. The molecule has 0 aliphatic carbocycles. The van der Waals surface area contributed by atoms with Crippen LogP contribution in [-0.2, 0) is 38.9 Å². The second kappa shape index (κ2) is 32.2. The van der Waals surface area contributed by atoms with E-state index in [-0.39, 0.29) is 50.3 Å². The number of halogens is 9. The third-order valence-electron chi connectivity index (χ3n) is 16.1. The van der Waals surface area contributed by atoms with Gasteiger partial charge >= 0.3 is 5.97 Å². The molecule has 8 N–H and O–H groups in total. The van der Waals surface area contributed by atoms with Gasteiger partial charge in [-0.05, 0) is 126 Å². The standard InChI is InChI=1S/2C25H17Cl2FN4O.C16H11ClN2O2.C9H8ClFN2.CH4/c2*26-18-9-17-7-14(1-3-21(17)30-12-18)8-19-10-15(5-6-29-19)25(33)32-11-16-2-4-22-23(24(16)28)20(27)13-31-22;17-13-7-12-5-10(1-2-15(12)19-9-13)6-14-8-11(16(20)21)3-4-18-14;10-6-4-13-7-2-1-5(3-12)9(11)8(6)7;/h2*1-7,9-10,12-13,31H,8,11H2,(H,32,33);1-5,7-9H,6H2,(H,20,21);1-2,4,13H,3,12H2;1H4. The number of aromatic nitrogens is 9. The highest BCUT2D eigenvalue weighted by Gasteiger charge is 2.18. The van der Waals surface area contributed by atoms with Crippen molar-refractivity contribution in [3.05, 3.63) is 316 Å². The third-order valence-corrected chi connectivity index (χ3v) is 17.6. The van der Waals surface area contributed by atoms with Gasteiger partial charge in [-0.15, -0.1) is 0 Å². The number of benzene rings is 6. The van der Waals surface area contributed by atoms with Crippen molar-refractivity contribution in [3.63, 3.8) is 0 Å². The predicted molar refractivity (Wildman–Crippen MR) is 395 cm³/mol. The first kappa shape index (κ1) is 71.8. The maximum atomic E-state index is 14.8. The van der Waals surface area contributed by atoms with E-state index in [1.165, 1.54) is 24.7 Å². The lowest BCUT2D eigenvalue weighted by Crippen LogP contribution is -2.23. The number of carbonyl (C=O) groups excluding carboxylic acids is 2. The van der Waals surface area contributed by atoms with Crippen LogP contribution in [0.3, 0.4) is 0 Å². The molecule has 0 radical (unpaired) electrons. The summed E-state index contributed by atoms with van der Waals surface area (Å²) in [6, 6.07) is 43.2. The Bertz CT molecular complexity index is 5390. The summed E-state index contributed by atoms with van der Waals surface area (Å²) < 4.78 is 43.1. The molecule has 9 aromatic heterocycles. The van der Waals surface area contributed by atoms with Gasteiger partial charge in [0.15, 0.2) is 0 Å². The number of nitrogens with zero attached hydrogens (tertiary/aromatic N) is 6. The van der Waals surface area contributed by atoms with Crippen molar-refractivity contribution in [2.24, 2.45) is 5.73 Å². The number of carboxylic acids is 1. The van der Waals surface area contributed by atoms with Crippen LogP contribution in [0, 0.1) is 17.5 Å². The van der Waals surface area contributed by atoms with E-state index < -0.39 is 17.6 Å². The topological polar surface area (TPSA) is 246 Å². The molecular weight excluding hydrogens is 1410 g/mol. The van der Waals surface area contributed by atoms with Crippen molar-refractivity contribution in [1.82, 2.24) is 55.5 Å². The Morgan fingerprint density at radius 2 is 0.743 bits per heavy atom. The molecule has 0 saturated heterocycles. The van der Waals surface area contributed by atoms with Crippen molar-refractivity contribution in [3.8, 4) is 0 Å². The van der Waals surface area contributed by atoms with Crippen LogP contribution >= 0.6 is 69.6 Å². The van der Waals surface area contributed by atoms with Crippen LogP contribution < -0.4 is 16.4 Å². The monoisotopic (exact) mass is 1470 g/mol. The lowest BCUT2D eigenvalue weighted by Gasteiger charge is -2.09. The smallest absolute Gasteiger partial charge is 0.335 e. The number of hydrogen-bond acceptors (Lipinski definition) is 10. The number of pyridine rings is 6. The van der Waals surface area contributed by atoms with Gasteiger partial charge < -0.3 is 36.4 Å². The van der Waals surface area contributed by atoms with Crippen molar-refractivity contribution in [2.45, 2.75) is 46.3 Å². The second-order valence-corrected chi connectivity index (χ2v) is 25.4. The number of aromatic amines is 3. The van der Waals surface area contributed by atoms with E-state index in [4.69, 9.17) is 80.4 Å². The van der Waals surface area contributed by atoms with E-state index in [0.717, 1.165) is 60.8 Å². The zero-order chi connectivity index (χ0) is 70.1. The Morgan fingerprint density at radius 3 is 1.09 bits per heavy atom. The lowest BCUT2D eigenvalue weighted by molar-refractivity contribution is 0.0696. The number of carbonyl (C=O) groups is 3. The van der Waals surface area contributed by atoms with E-state index >= 15 is 0 Å². The third kappa shape index (κ3) is 17.2. The number of hydrogen-bond donors (Lipinski definition) is 7. The average Bonchev–Trinajstić information content (AvgIpc) is 1.71. The molecule has 16 nitrogen and oxygen atoms in total. The first-order valence-electron chi connectivity index (χ1n) is 30.6. The van der Waals surface area contributed by atoms with Crippen LogP contribution in [0.2, 0.25) is 30.1 Å². The summed E-state index contributed by atoms with van der Waals surface area (Å²) in [5.41, 5.74) is 17.5. The number of rotatable bonds is 14. The Hall–Kier alpha value is -10.5. The molecule has 0 saturated carbocycles. The summed E-state index contributed by atoms with van der Waals surface area (Å²) in [7, 11) is 0. The highest BCUT2D eigenvalue weighted by molar-refractivity contribution is 6.36. The summed E-state index contributed by atoms with van der Waals surface area (Å²) in [5, 5.41) is 21.2. The normalized spacial score (nSPS) is 11.0. The van der Waals surface area contributed by atoms with Crippen LogP contribution in [0.5, 0.6) is 0 Å². The van der Waals surface area contributed by atoms with Crippen LogP contribution in [-0.4, -0.2) is 67.7 Å². The summed E-state index contributed by atoms with van der Waals surface area (Å²) >= 11 is 36.0. The first-order valence-corrected chi connectivity index (χ1v) is 32.9. The van der Waals surface area contributed by atoms with Gasteiger partial charge in [-0.3, -0.25) is 39.5 Å². The Balaban J connectivity index is 0.000000142. The van der Waals surface area contributed by atoms with Crippen LogP contribution in [0.4, 0.5) is 13.2 Å². The van der Waals surface area contributed by atoms with Gasteiger partial charge in [0.05, 0.1) is 68.4 Å². The van der Waals surface area contributed by atoms with Gasteiger partial charge in [0.2, 0.25) is 0 Å². The van der Waals surface area contributed by atoms with E-state index in [1.807, 2.05) is 72.8 Å². The molecule has 508 valence electrons. The fraction of sp³-hybridized carbons (Fsp3) is 0.0921. The number of nitrogens with one attached hydrogen (secondary N) is 5. The van der Waals surface area contributed by atoms with Gasteiger partial charge in [0, 0.05) is 172 Å². The fourth-order valence-electron chi connectivity index (χ4n) is 11.1. The van der Waals surface area contributed by atoms with Crippen molar-refractivity contribution in [1.29, 1.82) is 0 Å². The molecule has 9 heterocycles. The summed E-state index contributed by atoms with van der Waals surface area (Å²) in [5.74, 6) is -2.79. The number of H-pyrrole nitrogens is 3. The molecule has 101 heavy (non-hydrogen) atoms.